The summed E-state index contributed by atoms with van der Waals surface area (Å²) in [6.07, 6.45) is -0.0118. The summed E-state index contributed by atoms with van der Waals surface area (Å²) in [4.78, 5) is 34.8. The molecule has 2 aromatic rings. The number of fused-ring (bicyclic) bond motifs is 3. The standard InChI is InChI=1S/C19H23F2N5O2/c1-9-6-16(17(20)21)24-26(9)10(2)19(28)25-12-4-5-13(25)8-15-14(7-12)18(27)23-11(3)22-15/h6,10,12-13,17H,4-5,7-8H2,1-3H3,(H,22,23,27). The van der Waals surface area contributed by atoms with Gasteiger partial charge in [0.15, 0.2) is 0 Å². The van der Waals surface area contributed by atoms with Gasteiger partial charge in [-0.05, 0) is 39.7 Å². The van der Waals surface area contributed by atoms with E-state index in [1.807, 2.05) is 4.90 Å². The number of hydrogen-bond donors (Lipinski definition) is 1. The second kappa shape index (κ2) is 6.79. The van der Waals surface area contributed by atoms with Crippen LogP contribution in [-0.4, -0.2) is 42.6 Å². The first-order valence-corrected chi connectivity index (χ1v) is 9.51. The number of aromatic amines is 1. The van der Waals surface area contributed by atoms with E-state index in [-0.39, 0.29) is 29.2 Å². The van der Waals surface area contributed by atoms with Crippen LogP contribution in [0.15, 0.2) is 10.9 Å². The Bertz CT molecular complexity index is 983. The highest BCUT2D eigenvalue weighted by atomic mass is 19.3. The second-order valence-electron chi connectivity index (χ2n) is 7.75. The molecule has 4 rings (SSSR count). The molecule has 0 radical (unpaired) electrons. The number of nitrogens with zero attached hydrogens (tertiary/aromatic N) is 4. The lowest BCUT2D eigenvalue weighted by Gasteiger charge is -2.31. The first-order valence-electron chi connectivity index (χ1n) is 9.51. The van der Waals surface area contributed by atoms with E-state index in [1.54, 1.807) is 20.8 Å². The summed E-state index contributed by atoms with van der Waals surface area (Å²) < 4.78 is 27.3. The zero-order valence-corrected chi connectivity index (χ0v) is 16.1. The van der Waals surface area contributed by atoms with Gasteiger partial charge in [0.05, 0.1) is 5.69 Å². The molecule has 1 amide bonds. The third-order valence-electron chi connectivity index (χ3n) is 5.85. The summed E-state index contributed by atoms with van der Waals surface area (Å²) >= 11 is 0. The largest absolute Gasteiger partial charge is 0.334 e. The summed E-state index contributed by atoms with van der Waals surface area (Å²) in [6, 6.07) is 0.496. The van der Waals surface area contributed by atoms with Crippen LogP contribution >= 0.6 is 0 Å². The Labute approximate surface area is 160 Å². The number of alkyl halides is 2. The van der Waals surface area contributed by atoms with Crippen LogP contribution in [0.3, 0.4) is 0 Å². The Kier molecular flexibility index (Phi) is 4.55. The van der Waals surface area contributed by atoms with Crippen molar-refractivity contribution in [3.63, 3.8) is 0 Å². The highest BCUT2D eigenvalue weighted by molar-refractivity contribution is 5.81. The summed E-state index contributed by atoms with van der Waals surface area (Å²) in [5.74, 6) is 0.417. The molecule has 1 saturated heterocycles. The van der Waals surface area contributed by atoms with E-state index >= 15 is 0 Å². The van der Waals surface area contributed by atoms with Crippen molar-refractivity contribution in [2.45, 2.75) is 71.0 Å². The minimum absolute atomic E-state index is 0.0414. The number of hydrogen-bond acceptors (Lipinski definition) is 4. The number of aryl methyl sites for hydroxylation is 2. The van der Waals surface area contributed by atoms with E-state index in [1.165, 1.54) is 10.7 Å². The third kappa shape index (κ3) is 3.02. The third-order valence-corrected chi connectivity index (χ3v) is 5.85. The fraction of sp³-hybridized carbons (Fsp3) is 0.579. The van der Waals surface area contributed by atoms with Crippen LogP contribution in [0.2, 0.25) is 0 Å². The molecule has 1 fully saturated rings. The Morgan fingerprint density at radius 1 is 1.25 bits per heavy atom. The Morgan fingerprint density at radius 2 is 1.93 bits per heavy atom. The van der Waals surface area contributed by atoms with E-state index in [0.29, 0.717) is 29.9 Å². The summed E-state index contributed by atoms with van der Waals surface area (Å²) in [6.45, 7) is 5.10. The van der Waals surface area contributed by atoms with Crippen molar-refractivity contribution >= 4 is 5.91 Å². The van der Waals surface area contributed by atoms with E-state index in [2.05, 4.69) is 15.1 Å². The maximum Gasteiger partial charge on any atom is 0.282 e. The van der Waals surface area contributed by atoms with Crippen molar-refractivity contribution in [2.75, 3.05) is 0 Å². The number of aromatic nitrogens is 4. The van der Waals surface area contributed by atoms with Crippen molar-refractivity contribution in [2.24, 2.45) is 0 Å². The number of H-pyrrole nitrogens is 1. The minimum Gasteiger partial charge on any atom is -0.334 e. The first-order chi connectivity index (χ1) is 13.3. The molecule has 2 bridgehead atoms. The topological polar surface area (TPSA) is 83.9 Å². The van der Waals surface area contributed by atoms with Crippen molar-refractivity contribution < 1.29 is 13.6 Å². The molecule has 1 N–H and O–H groups in total. The average Bonchev–Trinajstić information content (AvgIpc) is 3.14. The maximum absolute atomic E-state index is 13.3. The molecule has 3 atom stereocenters. The molecule has 2 aromatic heterocycles. The quantitative estimate of drug-likeness (QED) is 0.870. The monoisotopic (exact) mass is 391 g/mol. The van der Waals surface area contributed by atoms with Gasteiger partial charge in [-0.15, -0.1) is 0 Å². The second-order valence-corrected chi connectivity index (χ2v) is 7.75. The smallest absolute Gasteiger partial charge is 0.282 e. The molecule has 3 unspecified atom stereocenters. The van der Waals surface area contributed by atoms with Gasteiger partial charge in [-0.3, -0.25) is 14.3 Å². The van der Waals surface area contributed by atoms with Gasteiger partial charge >= 0.3 is 0 Å². The van der Waals surface area contributed by atoms with Gasteiger partial charge in [-0.2, -0.15) is 5.10 Å². The van der Waals surface area contributed by atoms with Crippen LogP contribution in [-0.2, 0) is 17.6 Å². The summed E-state index contributed by atoms with van der Waals surface area (Å²) in [7, 11) is 0. The van der Waals surface area contributed by atoms with Crippen molar-refractivity contribution in [3.05, 3.63) is 44.9 Å². The Balaban J connectivity index is 1.64. The van der Waals surface area contributed by atoms with Gasteiger partial charge < -0.3 is 9.88 Å². The Hall–Kier alpha value is -2.58. The van der Waals surface area contributed by atoms with Gasteiger partial charge in [0, 0.05) is 36.2 Å². The molecule has 0 aliphatic carbocycles. The van der Waals surface area contributed by atoms with Crippen LogP contribution < -0.4 is 5.56 Å². The van der Waals surface area contributed by atoms with Gasteiger partial charge in [-0.1, -0.05) is 0 Å². The number of rotatable bonds is 3. The van der Waals surface area contributed by atoms with Crippen LogP contribution in [0, 0.1) is 13.8 Å². The highest BCUT2D eigenvalue weighted by Crippen LogP contribution is 2.34. The van der Waals surface area contributed by atoms with E-state index in [0.717, 1.165) is 18.5 Å². The number of carbonyl (C=O) groups excluding carboxylic acids is 1. The van der Waals surface area contributed by atoms with Crippen LogP contribution in [0.25, 0.3) is 0 Å². The molecule has 0 aromatic carbocycles. The lowest BCUT2D eigenvalue weighted by atomic mass is 9.98. The molecule has 2 aliphatic heterocycles. The molecule has 2 aliphatic rings. The fourth-order valence-electron chi connectivity index (χ4n) is 4.56. The molecule has 0 spiro atoms. The van der Waals surface area contributed by atoms with E-state index in [9.17, 15) is 18.4 Å². The van der Waals surface area contributed by atoms with E-state index in [4.69, 9.17) is 0 Å². The van der Waals surface area contributed by atoms with Crippen molar-refractivity contribution in [1.29, 1.82) is 0 Å². The normalized spacial score (nSPS) is 22.3. The SMILES string of the molecule is Cc1nc2c(c(=O)[nH]1)CC1CCC(C2)N1C(=O)C(C)n1nc(C(F)F)cc1C. The zero-order chi connectivity index (χ0) is 20.2. The number of carbonyl (C=O) groups is 1. The molecule has 9 heteroatoms. The summed E-state index contributed by atoms with van der Waals surface area (Å²) in [5, 5.41) is 3.94. The lowest BCUT2D eigenvalue weighted by molar-refractivity contribution is -0.137. The lowest BCUT2D eigenvalue weighted by Crippen LogP contribution is -2.45. The van der Waals surface area contributed by atoms with Gasteiger partial charge in [0.1, 0.15) is 17.6 Å². The zero-order valence-electron chi connectivity index (χ0n) is 16.1. The molecular weight excluding hydrogens is 368 g/mol. The van der Waals surface area contributed by atoms with Crippen molar-refractivity contribution in [3.8, 4) is 0 Å². The summed E-state index contributed by atoms with van der Waals surface area (Å²) in [5.41, 5.74) is 1.47. The van der Waals surface area contributed by atoms with Gasteiger partial charge in [0.25, 0.3) is 12.0 Å². The number of halogens is 2. The van der Waals surface area contributed by atoms with Crippen LogP contribution in [0.1, 0.15) is 60.7 Å². The number of amides is 1. The average molecular weight is 391 g/mol. The number of nitrogens with one attached hydrogen (secondary N) is 1. The molecule has 4 heterocycles. The molecule has 0 saturated carbocycles. The molecule has 150 valence electrons. The van der Waals surface area contributed by atoms with Gasteiger partial charge in [0.2, 0.25) is 5.91 Å². The first kappa shape index (κ1) is 18.8. The Morgan fingerprint density at radius 3 is 2.57 bits per heavy atom. The predicted molar refractivity (Wildman–Crippen MR) is 97.3 cm³/mol. The molecular formula is C19H23F2N5O2. The van der Waals surface area contributed by atoms with Crippen molar-refractivity contribution in [1.82, 2.24) is 24.6 Å². The van der Waals surface area contributed by atoms with Gasteiger partial charge in [-0.25, -0.2) is 13.8 Å². The predicted octanol–water partition coefficient (Wildman–Crippen LogP) is 2.24. The molecule has 28 heavy (non-hydrogen) atoms. The van der Waals surface area contributed by atoms with E-state index < -0.39 is 12.5 Å². The maximum atomic E-state index is 13.3. The minimum atomic E-state index is -2.67. The van der Waals surface area contributed by atoms with Crippen LogP contribution in [0.5, 0.6) is 0 Å². The molecule has 7 nitrogen and oxygen atoms in total. The fourth-order valence-corrected chi connectivity index (χ4v) is 4.56. The highest BCUT2D eigenvalue weighted by Gasteiger charge is 2.42. The van der Waals surface area contributed by atoms with Crippen LogP contribution in [0.4, 0.5) is 8.78 Å².